The number of piperidine rings is 1. The largest absolute Gasteiger partial charge is 0.375 e. The van der Waals surface area contributed by atoms with Gasteiger partial charge in [-0.3, -0.25) is 10.1 Å². The monoisotopic (exact) mass is 443 g/mol. The number of nitro benzene ring substituents is 1. The number of sulfone groups is 1. The number of hydrogen-bond donors (Lipinski definition) is 1. The summed E-state index contributed by atoms with van der Waals surface area (Å²) in [7, 11) is -4.94. The van der Waals surface area contributed by atoms with Gasteiger partial charge in [0.2, 0.25) is 9.84 Å². The zero-order valence-corrected chi connectivity index (χ0v) is 16.8. The Morgan fingerprint density at radius 1 is 1.23 bits per heavy atom. The first-order chi connectivity index (χ1) is 14.1. The van der Waals surface area contributed by atoms with Crippen LogP contribution >= 0.6 is 0 Å². The highest BCUT2D eigenvalue weighted by molar-refractivity contribution is 7.91. The second-order valence-electron chi connectivity index (χ2n) is 7.10. The molecule has 30 heavy (non-hydrogen) atoms. The first kappa shape index (κ1) is 21.9. The molecule has 2 aromatic carbocycles. The fourth-order valence-corrected chi connectivity index (χ4v) is 4.31. The van der Waals surface area contributed by atoms with Gasteiger partial charge in [0.1, 0.15) is 11.5 Å². The van der Waals surface area contributed by atoms with Gasteiger partial charge in [-0.15, -0.1) is 0 Å². The molecule has 11 heteroatoms. The Morgan fingerprint density at radius 3 is 2.60 bits per heavy atom. The lowest BCUT2D eigenvalue weighted by atomic mass is 10.0. The van der Waals surface area contributed by atoms with E-state index in [-0.39, 0.29) is 17.5 Å². The molecule has 1 aliphatic heterocycles. The van der Waals surface area contributed by atoms with E-state index >= 15 is 0 Å². The number of nitrogens with one attached hydrogen (secondary N) is 1. The van der Waals surface area contributed by atoms with Crippen molar-refractivity contribution < 1.29 is 26.5 Å². The van der Waals surface area contributed by atoms with Crippen LogP contribution < -0.4 is 10.2 Å². The van der Waals surface area contributed by atoms with Crippen molar-refractivity contribution in [1.82, 2.24) is 0 Å². The maximum Gasteiger partial charge on any atom is 0.341 e. The summed E-state index contributed by atoms with van der Waals surface area (Å²) in [6.45, 7) is 3.02. The Hall–Kier alpha value is -2.82. The van der Waals surface area contributed by atoms with Gasteiger partial charge < -0.3 is 10.2 Å². The molecule has 1 atom stereocenters. The van der Waals surface area contributed by atoms with Gasteiger partial charge in [0.15, 0.2) is 0 Å². The maximum absolute atomic E-state index is 13.4. The van der Waals surface area contributed by atoms with Crippen LogP contribution in [0.1, 0.15) is 18.4 Å². The van der Waals surface area contributed by atoms with Crippen molar-refractivity contribution in [3.63, 3.8) is 0 Å². The molecule has 1 unspecified atom stereocenters. The number of alkyl halides is 2. The van der Waals surface area contributed by atoms with Crippen LogP contribution in [0.4, 0.5) is 30.2 Å². The van der Waals surface area contributed by atoms with Gasteiger partial charge in [-0.1, -0.05) is 0 Å². The lowest BCUT2D eigenvalue weighted by Gasteiger charge is -2.36. The van der Waals surface area contributed by atoms with E-state index in [0.29, 0.717) is 19.0 Å². The smallest absolute Gasteiger partial charge is 0.341 e. The number of anilines is 2. The zero-order chi connectivity index (χ0) is 22.1. The van der Waals surface area contributed by atoms with Crippen molar-refractivity contribution in [2.24, 2.45) is 0 Å². The molecule has 0 bridgehead atoms. The molecule has 0 spiro atoms. The van der Waals surface area contributed by atoms with Crippen LogP contribution in [0.5, 0.6) is 0 Å². The molecule has 0 aromatic heterocycles. The summed E-state index contributed by atoms with van der Waals surface area (Å²) in [5.41, 5.74) is 1.08. The summed E-state index contributed by atoms with van der Waals surface area (Å²) in [5.74, 6) is -4.00. The quantitative estimate of drug-likeness (QED) is 0.533. The number of benzene rings is 2. The minimum atomic E-state index is -4.94. The van der Waals surface area contributed by atoms with Crippen LogP contribution in [0.25, 0.3) is 0 Å². The van der Waals surface area contributed by atoms with Crippen molar-refractivity contribution in [2.75, 3.05) is 23.3 Å². The molecule has 7 nitrogen and oxygen atoms in total. The summed E-state index contributed by atoms with van der Waals surface area (Å²) in [4.78, 5) is 11.8. The molecular formula is C19H20F3N3O4S. The molecule has 1 saturated heterocycles. The molecule has 0 saturated carbocycles. The molecule has 1 fully saturated rings. The Bertz CT molecular complexity index is 1060. The topological polar surface area (TPSA) is 92.6 Å². The second-order valence-corrected chi connectivity index (χ2v) is 9.02. The number of rotatable bonds is 6. The second kappa shape index (κ2) is 8.50. The van der Waals surface area contributed by atoms with Crippen molar-refractivity contribution >= 4 is 26.9 Å². The fourth-order valence-electron chi connectivity index (χ4n) is 3.57. The summed E-state index contributed by atoms with van der Waals surface area (Å²) in [6, 6.07) is 6.98. The molecule has 2 aromatic rings. The van der Waals surface area contributed by atoms with E-state index in [1.807, 2.05) is 4.90 Å². The standard InChI is InChI=1S/C19H20F3N3O4S/c1-12-9-13(20)4-7-17(12)24-8-2-3-14(11-24)23-16-6-5-15(10-18(16)25(26)27)30(28,29)19(21)22/h4-7,9-10,14,19,23H,2-3,8,11H2,1H3. The lowest BCUT2D eigenvalue weighted by Crippen LogP contribution is -2.42. The Kier molecular flexibility index (Phi) is 6.20. The van der Waals surface area contributed by atoms with Gasteiger partial charge in [-0.05, 0) is 55.7 Å². The van der Waals surface area contributed by atoms with Gasteiger partial charge in [0, 0.05) is 30.9 Å². The van der Waals surface area contributed by atoms with Crippen LogP contribution in [-0.2, 0) is 9.84 Å². The minimum Gasteiger partial charge on any atom is -0.375 e. The van der Waals surface area contributed by atoms with Gasteiger partial charge in [0.25, 0.3) is 5.69 Å². The van der Waals surface area contributed by atoms with Crippen LogP contribution in [0, 0.1) is 22.9 Å². The molecule has 0 aliphatic carbocycles. The van der Waals surface area contributed by atoms with Crippen LogP contribution in [-0.4, -0.2) is 38.2 Å². The van der Waals surface area contributed by atoms with E-state index in [2.05, 4.69) is 5.32 Å². The fraction of sp³-hybridized carbons (Fsp3) is 0.368. The molecule has 162 valence electrons. The minimum absolute atomic E-state index is 0.0518. The van der Waals surface area contributed by atoms with E-state index in [0.717, 1.165) is 36.3 Å². The number of nitrogens with zero attached hydrogens (tertiary/aromatic N) is 2. The van der Waals surface area contributed by atoms with E-state index in [4.69, 9.17) is 0 Å². The van der Waals surface area contributed by atoms with E-state index in [1.54, 1.807) is 13.0 Å². The van der Waals surface area contributed by atoms with Crippen molar-refractivity contribution in [2.45, 2.75) is 36.5 Å². The highest BCUT2D eigenvalue weighted by Crippen LogP contribution is 2.32. The van der Waals surface area contributed by atoms with E-state index < -0.39 is 31.1 Å². The number of halogens is 3. The van der Waals surface area contributed by atoms with Gasteiger partial charge in [-0.25, -0.2) is 12.8 Å². The third-order valence-electron chi connectivity index (χ3n) is 5.01. The predicted octanol–water partition coefficient (Wildman–Crippen LogP) is 4.12. The predicted molar refractivity (Wildman–Crippen MR) is 106 cm³/mol. The average Bonchev–Trinajstić information content (AvgIpc) is 2.68. The summed E-state index contributed by atoms with van der Waals surface area (Å²) < 4.78 is 62.2. The SMILES string of the molecule is Cc1cc(F)ccc1N1CCCC(Nc2ccc(S(=O)(=O)C(F)F)cc2[N+](=O)[O-])C1. The number of aryl methyl sites for hydroxylation is 1. The van der Waals surface area contributed by atoms with E-state index in [9.17, 15) is 31.7 Å². The maximum atomic E-state index is 13.4. The van der Waals surface area contributed by atoms with Crippen LogP contribution in [0.2, 0.25) is 0 Å². The van der Waals surface area contributed by atoms with Crippen molar-refractivity contribution in [1.29, 1.82) is 0 Å². The highest BCUT2D eigenvalue weighted by Gasteiger charge is 2.30. The summed E-state index contributed by atoms with van der Waals surface area (Å²) in [5, 5.41) is 14.4. The summed E-state index contributed by atoms with van der Waals surface area (Å²) >= 11 is 0. The molecule has 1 heterocycles. The molecule has 0 amide bonds. The van der Waals surface area contributed by atoms with Crippen molar-refractivity contribution in [3.8, 4) is 0 Å². The molecule has 0 radical (unpaired) electrons. The van der Waals surface area contributed by atoms with E-state index in [1.165, 1.54) is 12.1 Å². The first-order valence-electron chi connectivity index (χ1n) is 9.17. The Labute approximate surface area is 171 Å². The Balaban J connectivity index is 1.84. The zero-order valence-electron chi connectivity index (χ0n) is 16.0. The first-order valence-corrected chi connectivity index (χ1v) is 10.7. The third kappa shape index (κ3) is 4.50. The highest BCUT2D eigenvalue weighted by atomic mass is 32.2. The molecular weight excluding hydrogens is 423 g/mol. The van der Waals surface area contributed by atoms with Crippen LogP contribution in [0.3, 0.4) is 0 Å². The van der Waals surface area contributed by atoms with Crippen LogP contribution in [0.15, 0.2) is 41.3 Å². The van der Waals surface area contributed by atoms with Gasteiger partial charge in [0.05, 0.1) is 9.82 Å². The Morgan fingerprint density at radius 2 is 1.97 bits per heavy atom. The molecule has 1 N–H and O–H groups in total. The number of hydrogen-bond acceptors (Lipinski definition) is 6. The summed E-state index contributed by atoms with van der Waals surface area (Å²) in [6.07, 6.45) is 1.48. The molecule has 3 rings (SSSR count). The van der Waals surface area contributed by atoms with Gasteiger partial charge in [-0.2, -0.15) is 8.78 Å². The lowest BCUT2D eigenvalue weighted by molar-refractivity contribution is -0.384. The van der Waals surface area contributed by atoms with Crippen molar-refractivity contribution in [3.05, 3.63) is 57.9 Å². The average molecular weight is 443 g/mol. The van der Waals surface area contributed by atoms with Gasteiger partial charge >= 0.3 is 5.76 Å². The normalized spacial score (nSPS) is 17.2. The number of nitro groups is 1. The third-order valence-corrected chi connectivity index (χ3v) is 6.39. The molecule has 1 aliphatic rings.